The zero-order chi connectivity index (χ0) is 103. The van der Waals surface area contributed by atoms with Crippen molar-refractivity contribution in [3.8, 4) is 69.0 Å². The average Bonchev–Trinajstić information content (AvgIpc) is 0.764. The maximum absolute atomic E-state index is 17.0. The molecule has 1 aliphatic rings. The lowest BCUT2D eigenvalue weighted by atomic mass is 9.97. The van der Waals surface area contributed by atoms with E-state index in [4.69, 9.17) is 85.3 Å². The van der Waals surface area contributed by atoms with Crippen LogP contribution >= 0.6 is 0 Å². The topological polar surface area (TPSA) is 278 Å². The molecule has 0 aliphatic carbocycles. The van der Waals surface area contributed by atoms with Crippen molar-refractivity contribution < 1.29 is 109 Å². The first-order valence-electron chi connectivity index (χ1n) is 48.8. The standard InChI is InChI=1S/C125H105NO24/c127-121(100-65-105(133-73-87-39-13-1-14-40-87)114(141-81-95-55-29-9-30-56-95)106(66-100)134-74-88-41-15-2-16-42-88)145-86-113-118(148-122(128)101-67-107(135-75-89-43-17-3-18-44-89)115(142-82-96-57-31-10-32-58-96)108(68-101)136-76-90-45-19-4-20-46-90)119(149-123(129)102-69-109(137-77-91-47-21-5-22-48-91)116(143-83-97-59-33-11-34-60-97)110(70-102)138-78-92-49-23-6-24-50-92)120(125(147-113)146-85-99-63-37-38-64-104(99)126(131)132)150-124(130)103-71-111(139-79-93-51-25-7-26-52-93)117(144-84-98-61-35-12-36-62-98)112(72-103)140-80-94-53-27-8-28-54-94/h1-72,113,118-120,125H,73-86H2/t113-,118-,119+,120-,125-/m1/s1. The minimum absolute atomic E-state index is 0.00497. The first-order chi connectivity index (χ1) is 73.8. The molecule has 0 unspecified atom stereocenters. The van der Waals surface area contributed by atoms with Gasteiger partial charge in [0.25, 0.3) is 5.69 Å². The Morgan fingerprint density at radius 2 is 0.420 bits per heavy atom. The number of hydrogen-bond donors (Lipinski definition) is 0. The van der Waals surface area contributed by atoms with Crippen molar-refractivity contribution in [3.05, 3.63) is 541 Å². The van der Waals surface area contributed by atoms with Crippen molar-refractivity contribution in [2.75, 3.05) is 6.61 Å². The van der Waals surface area contributed by atoms with E-state index in [2.05, 4.69) is 0 Å². The molecule has 0 bridgehead atoms. The van der Waals surface area contributed by atoms with Crippen LogP contribution < -0.4 is 56.8 Å². The van der Waals surface area contributed by atoms with E-state index in [1.54, 1.807) is 6.07 Å². The fourth-order valence-corrected chi connectivity index (χ4v) is 16.4. The van der Waals surface area contributed by atoms with E-state index in [0.29, 0.717) is 0 Å². The van der Waals surface area contributed by atoms with Gasteiger partial charge in [0.05, 0.1) is 39.3 Å². The van der Waals surface area contributed by atoms with Gasteiger partial charge in [-0.25, -0.2) is 19.2 Å². The fourth-order valence-electron chi connectivity index (χ4n) is 16.4. The molecule has 1 saturated heterocycles. The molecule has 150 heavy (non-hydrogen) atoms. The summed E-state index contributed by atoms with van der Waals surface area (Å²) in [5.41, 5.74) is 7.53. The molecule has 0 aromatic heterocycles. The Balaban J connectivity index is 0.831. The molecule has 0 radical (unpaired) electrons. The molecule has 0 N–H and O–H groups in total. The van der Waals surface area contributed by atoms with Crippen molar-refractivity contribution in [2.24, 2.45) is 0 Å². The van der Waals surface area contributed by atoms with E-state index in [1.807, 2.05) is 364 Å². The lowest BCUT2D eigenvalue weighted by Crippen LogP contribution is -2.63. The second kappa shape index (κ2) is 51.9. The van der Waals surface area contributed by atoms with Gasteiger partial charge in [-0.05, 0) is 121 Å². The fraction of sp³-hybridized carbons (Fsp3) is 0.152. The van der Waals surface area contributed by atoms with Crippen molar-refractivity contribution >= 4 is 29.6 Å². The minimum atomic E-state index is -2.26. The van der Waals surface area contributed by atoms with Crippen molar-refractivity contribution in [1.29, 1.82) is 0 Å². The van der Waals surface area contributed by atoms with Crippen LogP contribution in [-0.2, 0) is 114 Å². The second-order valence-corrected chi connectivity index (χ2v) is 34.9. The third-order valence-electron chi connectivity index (χ3n) is 24.1. The number of carbonyl (C=O) groups excluding carboxylic acids is 4. The predicted octanol–water partition coefficient (Wildman–Crippen LogP) is 25.3. The molecule has 0 saturated carbocycles. The van der Waals surface area contributed by atoms with E-state index < -0.39 is 78.4 Å². The third kappa shape index (κ3) is 28.4. The number of ether oxygens (including phenoxy) is 18. The van der Waals surface area contributed by atoms with Gasteiger partial charge in [0.2, 0.25) is 23.0 Å². The maximum Gasteiger partial charge on any atom is 0.339 e. The van der Waals surface area contributed by atoms with Crippen LogP contribution in [0.1, 0.15) is 114 Å². The maximum atomic E-state index is 17.0. The van der Waals surface area contributed by atoms with Gasteiger partial charge in [0.15, 0.2) is 70.6 Å². The van der Waals surface area contributed by atoms with Gasteiger partial charge in [-0.1, -0.05) is 376 Å². The molecular formula is C125H105NO24. The molecule has 25 nitrogen and oxygen atoms in total. The predicted molar refractivity (Wildman–Crippen MR) is 559 cm³/mol. The zero-order valence-electron chi connectivity index (χ0n) is 81.6. The van der Waals surface area contributed by atoms with Crippen LogP contribution in [0.2, 0.25) is 0 Å². The second-order valence-electron chi connectivity index (χ2n) is 34.9. The number of esters is 4. The lowest BCUT2D eigenvalue weighted by molar-refractivity contribution is -0.386. The van der Waals surface area contributed by atoms with Gasteiger partial charge < -0.3 is 85.3 Å². The van der Waals surface area contributed by atoms with Gasteiger partial charge in [-0.3, -0.25) is 10.1 Å². The molecule has 5 atom stereocenters. The molecule has 1 heterocycles. The average molecular weight is 2010 g/mol. The van der Waals surface area contributed by atoms with Gasteiger partial charge in [-0.2, -0.15) is 0 Å². The first kappa shape index (κ1) is 102. The molecule has 17 aromatic rings. The van der Waals surface area contributed by atoms with E-state index in [9.17, 15) is 10.1 Å². The molecule has 0 spiro atoms. The Morgan fingerprint density at radius 3 is 0.647 bits per heavy atom. The Hall–Kier alpha value is -18.5. The number of rotatable bonds is 49. The number of nitro benzene ring substituents is 1. The highest BCUT2D eigenvalue weighted by Crippen LogP contribution is 2.47. The molecule has 17 aromatic carbocycles. The third-order valence-corrected chi connectivity index (χ3v) is 24.1. The summed E-state index contributed by atoms with van der Waals surface area (Å²) < 4.78 is 123. The van der Waals surface area contributed by atoms with Crippen LogP contribution in [0.4, 0.5) is 5.69 Å². The lowest BCUT2D eigenvalue weighted by Gasteiger charge is -2.44. The SMILES string of the molecule is O=C(OC[C@H]1O[C@@H](OCc2ccccc2[N+](=O)[O-])[C@H](OC(=O)c2cc(OCc3ccccc3)c(OCc3ccccc3)c(OCc3ccccc3)c2)[C@@H](OC(=O)c2cc(OCc3ccccc3)c(OCc3ccccc3)c(OCc3ccccc3)c2)[C@@H]1OC(=O)c1cc(OCc2ccccc2)c(OCc2ccccc2)c(OCc2ccccc2)c1)c1cc(OCc2ccccc2)c(OCc2ccccc2)c(OCc2ccccc2)c1. The van der Waals surface area contributed by atoms with E-state index in [0.717, 1.165) is 66.8 Å². The summed E-state index contributed by atoms with van der Waals surface area (Å²) in [5.74, 6) is -4.30. The summed E-state index contributed by atoms with van der Waals surface area (Å²) in [5, 5.41) is 13.3. The van der Waals surface area contributed by atoms with Crippen LogP contribution in [0, 0.1) is 10.1 Å². The quantitative estimate of drug-likeness (QED) is 0.0148. The largest absolute Gasteiger partial charge is 0.485 e. The van der Waals surface area contributed by atoms with Crippen LogP contribution in [0.3, 0.4) is 0 Å². The number of benzene rings is 17. The number of carbonyl (C=O) groups is 4. The van der Waals surface area contributed by atoms with Crippen LogP contribution in [-0.4, -0.2) is 66.1 Å². The molecule has 1 fully saturated rings. The summed E-state index contributed by atoms with van der Waals surface area (Å²) in [4.78, 5) is 79.6. The number of para-hydroxylation sites is 1. The summed E-state index contributed by atoms with van der Waals surface area (Å²) in [7, 11) is 0. The molecule has 754 valence electrons. The molecule has 25 heteroatoms. The van der Waals surface area contributed by atoms with Crippen LogP contribution in [0.5, 0.6) is 69.0 Å². The first-order valence-corrected chi connectivity index (χ1v) is 48.8. The van der Waals surface area contributed by atoms with Crippen molar-refractivity contribution in [2.45, 2.75) is 117 Å². The van der Waals surface area contributed by atoms with E-state index in [1.165, 1.54) is 66.7 Å². The van der Waals surface area contributed by atoms with E-state index >= 15 is 19.2 Å². The van der Waals surface area contributed by atoms with Crippen LogP contribution in [0.25, 0.3) is 0 Å². The Labute approximate surface area is 867 Å². The number of nitrogens with zero attached hydrogens (tertiary/aromatic N) is 1. The molecule has 1 aliphatic heterocycles. The van der Waals surface area contributed by atoms with Gasteiger partial charge in [-0.15, -0.1) is 0 Å². The highest BCUT2D eigenvalue weighted by molar-refractivity contribution is 5.94. The van der Waals surface area contributed by atoms with Gasteiger partial charge >= 0.3 is 23.9 Å². The summed E-state index contributed by atoms with van der Waals surface area (Å²) in [6.45, 7) is -2.21. The van der Waals surface area contributed by atoms with Crippen molar-refractivity contribution in [1.82, 2.24) is 0 Å². The van der Waals surface area contributed by atoms with Crippen molar-refractivity contribution in [3.63, 3.8) is 0 Å². The summed E-state index contributed by atoms with van der Waals surface area (Å²) in [6.07, 6.45) is -10.7. The van der Waals surface area contributed by atoms with Crippen LogP contribution in [0.15, 0.2) is 437 Å². The molecule has 0 amide bonds. The van der Waals surface area contributed by atoms with Gasteiger partial charge in [0, 0.05) is 6.07 Å². The summed E-state index contributed by atoms with van der Waals surface area (Å²) >= 11 is 0. The Kier molecular flexibility index (Phi) is 35.1. The monoisotopic (exact) mass is 2000 g/mol. The van der Waals surface area contributed by atoms with E-state index in [-0.39, 0.29) is 176 Å². The Morgan fingerprint density at radius 1 is 0.227 bits per heavy atom. The zero-order valence-corrected chi connectivity index (χ0v) is 81.6. The molecular weight excluding hydrogens is 1900 g/mol. The minimum Gasteiger partial charge on any atom is -0.485 e. The van der Waals surface area contributed by atoms with Gasteiger partial charge in [0.1, 0.15) is 92.0 Å². The summed E-state index contributed by atoms with van der Waals surface area (Å²) in [6, 6.07) is 129. The number of nitro groups is 1. The highest BCUT2D eigenvalue weighted by atomic mass is 16.7. The smallest absolute Gasteiger partial charge is 0.339 e. The Bertz CT molecular complexity index is 7010. The highest BCUT2D eigenvalue weighted by Gasteiger charge is 2.54. The number of hydrogen-bond acceptors (Lipinski definition) is 24. The molecule has 18 rings (SSSR count). The normalized spacial score (nSPS) is 13.9.